The smallest absolute Gasteiger partial charge is 0.274 e. The van der Waals surface area contributed by atoms with Crippen molar-refractivity contribution in [3.8, 4) is 0 Å². The molecule has 1 fully saturated rings. The monoisotopic (exact) mass is 333 g/mol. The van der Waals surface area contributed by atoms with Crippen LogP contribution in [-0.2, 0) is 0 Å². The predicted molar refractivity (Wildman–Crippen MR) is 96.7 cm³/mol. The maximum Gasteiger partial charge on any atom is 0.274 e. The molecule has 3 aromatic rings. The fourth-order valence-corrected chi connectivity index (χ4v) is 3.57. The fourth-order valence-electron chi connectivity index (χ4n) is 3.57. The first-order chi connectivity index (χ1) is 12.2. The number of nitrogens with zero attached hydrogens (tertiary/aromatic N) is 2. The fraction of sp³-hybridized carbons (Fsp3) is 0.250. The van der Waals surface area contributed by atoms with Gasteiger partial charge in [0.05, 0.1) is 5.39 Å². The summed E-state index contributed by atoms with van der Waals surface area (Å²) < 4.78 is 0. The van der Waals surface area contributed by atoms with Crippen molar-refractivity contribution in [2.45, 2.75) is 18.8 Å². The number of fused-ring (bicyclic) bond motifs is 1. The van der Waals surface area contributed by atoms with Crippen molar-refractivity contribution in [1.82, 2.24) is 15.1 Å². The van der Waals surface area contributed by atoms with E-state index >= 15 is 0 Å². The lowest BCUT2D eigenvalue weighted by molar-refractivity contribution is 0.0708. The van der Waals surface area contributed by atoms with E-state index in [-0.39, 0.29) is 11.5 Å². The Morgan fingerprint density at radius 2 is 1.60 bits per heavy atom. The van der Waals surface area contributed by atoms with Crippen molar-refractivity contribution in [2.24, 2.45) is 0 Å². The number of nitrogens with one attached hydrogen (secondary N) is 1. The largest absolute Gasteiger partial charge is 0.337 e. The number of rotatable bonds is 2. The highest BCUT2D eigenvalue weighted by molar-refractivity contribution is 6.04. The van der Waals surface area contributed by atoms with Crippen molar-refractivity contribution < 1.29 is 4.79 Å². The summed E-state index contributed by atoms with van der Waals surface area (Å²) in [6.07, 6.45) is 1.88. The van der Waals surface area contributed by atoms with Crippen LogP contribution in [0.4, 0.5) is 0 Å². The van der Waals surface area contributed by atoms with Crippen LogP contribution in [-0.4, -0.2) is 34.1 Å². The van der Waals surface area contributed by atoms with Crippen molar-refractivity contribution in [3.63, 3.8) is 0 Å². The van der Waals surface area contributed by atoms with Gasteiger partial charge in [-0.3, -0.25) is 9.59 Å². The van der Waals surface area contributed by atoms with Gasteiger partial charge in [0.1, 0.15) is 0 Å². The number of likely N-dealkylation sites (tertiary alicyclic amines) is 1. The third-order valence-corrected chi connectivity index (χ3v) is 4.95. The van der Waals surface area contributed by atoms with Gasteiger partial charge in [-0.25, -0.2) is 5.10 Å². The first-order valence-corrected chi connectivity index (χ1v) is 8.55. The number of piperidine rings is 1. The van der Waals surface area contributed by atoms with E-state index in [1.807, 2.05) is 17.0 Å². The standard InChI is InChI=1S/C20H19N3O2/c24-19-17-9-5-4-8-16(17)18(21-22-19)20(25)23-12-10-15(11-13-23)14-6-2-1-3-7-14/h1-9,15H,10-13H2,(H,22,24). The van der Waals surface area contributed by atoms with Crippen LogP contribution in [0, 0.1) is 0 Å². The zero-order valence-electron chi connectivity index (χ0n) is 13.8. The van der Waals surface area contributed by atoms with Crippen molar-refractivity contribution in [2.75, 3.05) is 13.1 Å². The summed E-state index contributed by atoms with van der Waals surface area (Å²) >= 11 is 0. The highest BCUT2D eigenvalue weighted by atomic mass is 16.2. The normalized spacial score (nSPS) is 15.4. The Balaban J connectivity index is 1.55. The van der Waals surface area contributed by atoms with E-state index in [0.717, 1.165) is 12.8 Å². The molecule has 4 rings (SSSR count). The molecule has 1 saturated heterocycles. The number of benzene rings is 2. The molecular formula is C20H19N3O2. The van der Waals surface area contributed by atoms with Gasteiger partial charge in [0.15, 0.2) is 5.69 Å². The van der Waals surface area contributed by atoms with Crippen LogP contribution in [0.3, 0.4) is 0 Å². The predicted octanol–water partition coefficient (Wildman–Crippen LogP) is 2.94. The molecule has 1 aliphatic heterocycles. The van der Waals surface area contributed by atoms with E-state index in [0.29, 0.717) is 35.5 Å². The van der Waals surface area contributed by atoms with Crippen LogP contribution in [0.25, 0.3) is 10.8 Å². The van der Waals surface area contributed by atoms with Crippen molar-refractivity contribution in [3.05, 3.63) is 76.2 Å². The molecule has 0 spiro atoms. The average molecular weight is 333 g/mol. The van der Waals surface area contributed by atoms with E-state index in [4.69, 9.17) is 0 Å². The van der Waals surface area contributed by atoms with Gasteiger partial charge < -0.3 is 4.90 Å². The minimum absolute atomic E-state index is 0.112. The summed E-state index contributed by atoms with van der Waals surface area (Å²) in [6, 6.07) is 17.6. The molecule has 1 N–H and O–H groups in total. The third-order valence-electron chi connectivity index (χ3n) is 4.95. The van der Waals surface area contributed by atoms with E-state index < -0.39 is 0 Å². The summed E-state index contributed by atoms with van der Waals surface area (Å²) in [5.74, 6) is 0.379. The van der Waals surface area contributed by atoms with Crippen molar-refractivity contribution >= 4 is 16.7 Å². The first kappa shape index (κ1) is 15.6. The summed E-state index contributed by atoms with van der Waals surface area (Å²) in [7, 11) is 0. The van der Waals surface area contributed by atoms with Gasteiger partial charge >= 0.3 is 0 Å². The summed E-state index contributed by atoms with van der Waals surface area (Å²) in [6.45, 7) is 1.40. The van der Waals surface area contributed by atoms with Gasteiger partial charge in [0.25, 0.3) is 11.5 Å². The second kappa shape index (κ2) is 6.51. The lowest BCUT2D eigenvalue weighted by Crippen LogP contribution is -2.38. The van der Waals surface area contributed by atoms with Gasteiger partial charge in [-0.05, 0) is 30.4 Å². The molecule has 1 amide bonds. The molecule has 126 valence electrons. The number of hydrogen-bond donors (Lipinski definition) is 1. The highest BCUT2D eigenvalue weighted by Gasteiger charge is 2.26. The lowest BCUT2D eigenvalue weighted by atomic mass is 9.89. The molecule has 0 bridgehead atoms. The van der Waals surface area contributed by atoms with E-state index in [1.165, 1.54) is 5.56 Å². The molecular weight excluding hydrogens is 314 g/mol. The molecule has 0 radical (unpaired) electrons. The second-order valence-electron chi connectivity index (χ2n) is 6.42. The van der Waals surface area contributed by atoms with Crippen LogP contribution in [0.1, 0.15) is 34.8 Å². The minimum Gasteiger partial charge on any atom is -0.337 e. The van der Waals surface area contributed by atoms with Crippen molar-refractivity contribution in [1.29, 1.82) is 0 Å². The SMILES string of the molecule is O=C(c1n[nH]c(=O)c2ccccc12)N1CCC(c2ccccc2)CC1. The third kappa shape index (κ3) is 2.93. The molecule has 5 nitrogen and oxygen atoms in total. The molecule has 0 atom stereocenters. The molecule has 0 aliphatic carbocycles. The summed E-state index contributed by atoms with van der Waals surface area (Å²) in [4.78, 5) is 26.6. The van der Waals surface area contributed by atoms with Gasteiger partial charge in [-0.15, -0.1) is 0 Å². The molecule has 0 unspecified atom stereocenters. The van der Waals surface area contributed by atoms with Gasteiger partial charge in [0.2, 0.25) is 0 Å². The Labute approximate surface area is 145 Å². The number of hydrogen-bond acceptors (Lipinski definition) is 3. The summed E-state index contributed by atoms with van der Waals surface area (Å²) in [5, 5.41) is 7.59. The van der Waals surface area contributed by atoms with E-state index in [2.05, 4.69) is 34.5 Å². The van der Waals surface area contributed by atoms with Gasteiger partial charge in [-0.2, -0.15) is 5.10 Å². The van der Waals surface area contributed by atoms with E-state index in [1.54, 1.807) is 18.2 Å². The Morgan fingerprint density at radius 1 is 0.960 bits per heavy atom. The Kier molecular flexibility index (Phi) is 4.06. The minimum atomic E-state index is -0.269. The molecule has 2 heterocycles. The van der Waals surface area contributed by atoms with Gasteiger partial charge in [-0.1, -0.05) is 48.5 Å². The zero-order valence-corrected chi connectivity index (χ0v) is 13.8. The highest BCUT2D eigenvalue weighted by Crippen LogP contribution is 2.28. The number of aromatic amines is 1. The summed E-state index contributed by atoms with van der Waals surface area (Å²) in [5.41, 5.74) is 1.39. The Bertz CT molecular complexity index is 957. The number of amides is 1. The van der Waals surface area contributed by atoms with Crippen LogP contribution >= 0.6 is 0 Å². The van der Waals surface area contributed by atoms with E-state index in [9.17, 15) is 9.59 Å². The molecule has 5 heteroatoms. The Hall–Kier alpha value is -2.95. The zero-order chi connectivity index (χ0) is 17.2. The Morgan fingerprint density at radius 3 is 2.32 bits per heavy atom. The van der Waals surface area contributed by atoms with Crippen LogP contribution < -0.4 is 5.56 Å². The van der Waals surface area contributed by atoms with Crippen LogP contribution in [0.15, 0.2) is 59.4 Å². The van der Waals surface area contributed by atoms with Crippen LogP contribution in [0.2, 0.25) is 0 Å². The number of carbonyl (C=O) groups is 1. The number of aromatic nitrogens is 2. The average Bonchev–Trinajstić information content (AvgIpc) is 2.69. The lowest BCUT2D eigenvalue weighted by Gasteiger charge is -2.32. The van der Waals surface area contributed by atoms with Gasteiger partial charge in [0, 0.05) is 18.5 Å². The molecule has 1 aliphatic rings. The number of carbonyl (C=O) groups excluding carboxylic acids is 1. The number of H-pyrrole nitrogens is 1. The molecule has 2 aromatic carbocycles. The molecule has 1 aromatic heterocycles. The maximum absolute atomic E-state index is 12.9. The topological polar surface area (TPSA) is 66.1 Å². The quantitative estimate of drug-likeness (QED) is 0.784. The molecule has 0 saturated carbocycles. The maximum atomic E-state index is 12.9. The first-order valence-electron chi connectivity index (χ1n) is 8.55. The molecule has 25 heavy (non-hydrogen) atoms. The van der Waals surface area contributed by atoms with Crippen LogP contribution in [0.5, 0.6) is 0 Å². The second-order valence-corrected chi connectivity index (χ2v) is 6.42.